The zero-order valence-electron chi connectivity index (χ0n) is 2.94. The van der Waals surface area contributed by atoms with Crippen molar-refractivity contribution in [3.8, 4) is 0 Å². The molecule has 0 aromatic carbocycles. The lowest BCUT2D eigenvalue weighted by Gasteiger charge is -1.72. The van der Waals surface area contributed by atoms with Crippen molar-refractivity contribution >= 4 is 7.91 Å². The van der Waals surface area contributed by atoms with Gasteiger partial charge in [-0.1, -0.05) is 0 Å². The summed E-state index contributed by atoms with van der Waals surface area (Å²) in [5.41, 5.74) is 0. The van der Waals surface area contributed by atoms with Crippen LogP contribution in [0, 0.1) is 10.1 Å². The van der Waals surface area contributed by atoms with E-state index in [1.165, 1.54) is 0 Å². The Morgan fingerprint density at radius 1 is 1.57 bits per heavy atom. The highest BCUT2D eigenvalue weighted by molar-refractivity contribution is 7.24. The van der Waals surface area contributed by atoms with Crippen molar-refractivity contribution in [1.29, 1.82) is 0 Å². The van der Waals surface area contributed by atoms with Crippen LogP contribution in [0.1, 0.15) is 0 Å². The average Bonchev–Trinajstić information content (AvgIpc) is 1.27. The van der Waals surface area contributed by atoms with Gasteiger partial charge in [-0.2, -0.15) is 4.62 Å². The minimum absolute atomic E-state index is 1.40. The highest BCUT2D eigenvalue weighted by atomic mass is 31.1. The lowest BCUT2D eigenvalue weighted by Crippen LogP contribution is -1.87. The van der Waals surface area contributed by atoms with Crippen LogP contribution in [-0.4, -0.2) is 5.09 Å². The topological polar surface area (TPSA) is 86.5 Å². The molecule has 0 saturated heterocycles. The van der Waals surface area contributed by atoms with Crippen LogP contribution < -0.4 is 0 Å². The molecule has 0 saturated carbocycles. The third kappa shape index (κ3) is 5.10. The van der Waals surface area contributed by atoms with Crippen molar-refractivity contribution in [3.63, 3.8) is 0 Å². The quantitative estimate of drug-likeness (QED) is 0.300. The van der Waals surface area contributed by atoms with Crippen molar-refractivity contribution in [1.82, 2.24) is 0 Å². The summed E-state index contributed by atoms with van der Waals surface area (Å²) >= 11 is 0. The second kappa shape index (κ2) is 2.30. The molecule has 0 radical (unpaired) electrons. The van der Waals surface area contributed by atoms with Gasteiger partial charge in [0.1, 0.15) is 0 Å². The standard InChI is InChI=1S/NO5P/c2-1(3)6-7(4)5. The minimum Gasteiger partial charge on any atom is -0.206 e. The van der Waals surface area contributed by atoms with Gasteiger partial charge in [0.2, 0.25) is 0 Å². The van der Waals surface area contributed by atoms with Crippen LogP contribution in [0.4, 0.5) is 0 Å². The molecule has 0 bridgehead atoms. The van der Waals surface area contributed by atoms with Gasteiger partial charge < -0.3 is 0 Å². The number of hydrogen-bond donors (Lipinski definition) is 0. The Balaban J connectivity index is 3.53. The smallest absolute Gasteiger partial charge is 0.206 e. The van der Waals surface area contributed by atoms with Crippen molar-refractivity contribution < 1.29 is 18.8 Å². The zero-order valence-corrected chi connectivity index (χ0v) is 3.83. The highest BCUT2D eigenvalue weighted by Gasteiger charge is 1.95. The maximum Gasteiger partial charge on any atom is 0.500 e. The van der Waals surface area contributed by atoms with Crippen LogP contribution in [0.2, 0.25) is 0 Å². The van der Waals surface area contributed by atoms with Crippen LogP contribution in [0.3, 0.4) is 0 Å². The number of rotatable bonds is 2. The summed E-state index contributed by atoms with van der Waals surface area (Å²) in [6, 6.07) is 0. The molecule has 0 amide bonds. The van der Waals surface area contributed by atoms with Crippen LogP contribution in [-0.2, 0) is 13.8 Å². The molecule has 7 heteroatoms. The van der Waals surface area contributed by atoms with Gasteiger partial charge in [0.05, 0.1) is 0 Å². The van der Waals surface area contributed by atoms with E-state index in [1.54, 1.807) is 0 Å². The van der Waals surface area contributed by atoms with E-state index in [0.29, 0.717) is 0 Å². The minimum atomic E-state index is -3.34. The SMILES string of the molecule is O=[N+]([O-])OP(=O)=O. The molecule has 0 unspecified atom stereocenters. The first kappa shape index (κ1) is 6.10. The predicted octanol–water partition coefficient (Wildman–Crippen LogP) is 0.283. The summed E-state index contributed by atoms with van der Waals surface area (Å²) in [7, 11) is -3.34. The van der Waals surface area contributed by atoms with Gasteiger partial charge in [-0.3, -0.25) is 0 Å². The molecule has 0 aromatic rings. The molecule has 0 spiro atoms. The first-order chi connectivity index (χ1) is 3.13. The van der Waals surface area contributed by atoms with E-state index < -0.39 is 13.0 Å². The Labute approximate surface area is 38.1 Å². The van der Waals surface area contributed by atoms with Gasteiger partial charge >= 0.3 is 13.0 Å². The maximum atomic E-state index is 9.18. The molecule has 0 aliphatic rings. The normalized spacial score (nSPS) is 7.43. The molecule has 6 nitrogen and oxygen atoms in total. The predicted molar refractivity (Wildman–Crippen MR) is 16.4 cm³/mol. The van der Waals surface area contributed by atoms with E-state index in [-0.39, 0.29) is 0 Å². The molecule has 0 N–H and O–H groups in total. The van der Waals surface area contributed by atoms with Gasteiger partial charge in [0, 0.05) is 0 Å². The summed E-state index contributed by atoms with van der Waals surface area (Å²) in [4.78, 5) is 9.01. The molecule has 0 heterocycles. The largest absolute Gasteiger partial charge is 0.500 e. The van der Waals surface area contributed by atoms with Crippen molar-refractivity contribution in [2.24, 2.45) is 0 Å². The Hall–Kier alpha value is -0.900. The summed E-state index contributed by atoms with van der Waals surface area (Å²) in [5.74, 6) is 0. The van der Waals surface area contributed by atoms with E-state index in [9.17, 15) is 9.13 Å². The summed E-state index contributed by atoms with van der Waals surface area (Å²) in [6.45, 7) is 0. The molecular formula is NO5P. The first-order valence-corrected chi connectivity index (χ1v) is 2.19. The lowest BCUT2D eigenvalue weighted by atomic mass is 13.1. The number of nitrogens with zero attached hydrogens (tertiary/aromatic N) is 1. The Morgan fingerprint density at radius 2 is 2.00 bits per heavy atom. The third-order valence-electron chi connectivity index (χ3n) is 0.133. The zero-order chi connectivity index (χ0) is 5.86. The van der Waals surface area contributed by atoms with E-state index >= 15 is 0 Å². The molecule has 0 fully saturated rings. The number of hydrogen-bond acceptors (Lipinski definition) is 5. The Bertz CT molecular complexity index is 125. The first-order valence-electron chi connectivity index (χ1n) is 1.10. The van der Waals surface area contributed by atoms with Crippen LogP contribution >= 0.6 is 7.91 Å². The van der Waals surface area contributed by atoms with Gasteiger partial charge in [-0.15, -0.1) is 10.1 Å². The fraction of sp³-hybridized carbons (Fsp3) is 0. The van der Waals surface area contributed by atoms with Crippen molar-refractivity contribution in [3.05, 3.63) is 10.1 Å². The maximum absolute atomic E-state index is 9.18. The van der Waals surface area contributed by atoms with Crippen LogP contribution in [0.25, 0.3) is 0 Å². The molecule has 0 atom stereocenters. The van der Waals surface area contributed by atoms with Gasteiger partial charge in [-0.05, 0) is 0 Å². The average molecular weight is 125 g/mol. The highest BCUT2D eigenvalue weighted by Crippen LogP contribution is 2.02. The molecule has 0 rings (SSSR count). The summed E-state index contributed by atoms with van der Waals surface area (Å²) in [5, 5.41) is 7.61. The van der Waals surface area contributed by atoms with E-state index in [0.717, 1.165) is 0 Å². The fourth-order valence-corrected chi connectivity index (χ4v) is 0.163. The van der Waals surface area contributed by atoms with Crippen LogP contribution in [0.5, 0.6) is 0 Å². The van der Waals surface area contributed by atoms with Gasteiger partial charge in [0.25, 0.3) is 0 Å². The van der Waals surface area contributed by atoms with E-state index in [2.05, 4.69) is 4.62 Å². The molecule has 0 aromatic heterocycles. The molecule has 7 heavy (non-hydrogen) atoms. The van der Waals surface area contributed by atoms with Crippen molar-refractivity contribution in [2.45, 2.75) is 0 Å². The second-order valence-corrected chi connectivity index (χ2v) is 1.14. The fourth-order valence-electron chi connectivity index (χ4n) is 0.0544. The molecule has 0 aliphatic heterocycles. The Kier molecular flexibility index (Phi) is 2.01. The monoisotopic (exact) mass is 125 g/mol. The molecular weight excluding hydrogens is 125 g/mol. The summed E-state index contributed by atoms with van der Waals surface area (Å²) in [6.07, 6.45) is 0. The van der Waals surface area contributed by atoms with E-state index in [1.807, 2.05) is 0 Å². The molecule has 40 valence electrons. The lowest BCUT2D eigenvalue weighted by molar-refractivity contribution is -0.712. The third-order valence-corrected chi connectivity index (χ3v) is 0.400. The molecule has 0 aliphatic carbocycles. The van der Waals surface area contributed by atoms with Gasteiger partial charge in [-0.25, -0.2) is 9.13 Å². The Morgan fingerprint density at radius 3 is 2.00 bits per heavy atom. The van der Waals surface area contributed by atoms with Crippen LogP contribution in [0.15, 0.2) is 0 Å². The second-order valence-electron chi connectivity index (χ2n) is 0.529. The van der Waals surface area contributed by atoms with Gasteiger partial charge in [0.15, 0.2) is 0 Å². The van der Waals surface area contributed by atoms with E-state index in [4.69, 9.17) is 10.1 Å². The van der Waals surface area contributed by atoms with Crippen molar-refractivity contribution in [2.75, 3.05) is 0 Å². The summed E-state index contributed by atoms with van der Waals surface area (Å²) < 4.78 is 21.3.